The van der Waals surface area contributed by atoms with Gasteiger partial charge in [-0.1, -0.05) is 6.92 Å². The third kappa shape index (κ3) is 3.74. The van der Waals surface area contributed by atoms with Crippen LogP contribution in [0.2, 0.25) is 0 Å². The first-order valence-electron chi connectivity index (χ1n) is 5.80. The summed E-state index contributed by atoms with van der Waals surface area (Å²) in [6, 6.07) is 8.01. The van der Waals surface area contributed by atoms with Gasteiger partial charge in [0, 0.05) is 31.6 Å². The van der Waals surface area contributed by atoms with Crippen molar-refractivity contribution in [2.75, 3.05) is 30.8 Å². The van der Waals surface area contributed by atoms with Crippen LogP contribution in [0.5, 0.6) is 0 Å². The maximum absolute atomic E-state index is 5.68. The molecule has 0 saturated heterocycles. The Hall–Kier alpha value is -1.22. The molecule has 0 heterocycles. The molecule has 0 amide bonds. The molecule has 1 aromatic rings. The van der Waals surface area contributed by atoms with Gasteiger partial charge in [-0.25, -0.2) is 0 Å². The van der Waals surface area contributed by atoms with Crippen molar-refractivity contribution >= 4 is 11.4 Å². The Labute approximate surface area is 98.2 Å². The summed E-state index contributed by atoms with van der Waals surface area (Å²) in [5, 5.41) is 0. The maximum Gasteiger partial charge on any atom is 0.0718 e. The molecule has 0 radical (unpaired) electrons. The smallest absolute Gasteiger partial charge is 0.0718 e. The van der Waals surface area contributed by atoms with Crippen molar-refractivity contribution < 1.29 is 4.74 Å². The summed E-state index contributed by atoms with van der Waals surface area (Å²) in [7, 11) is 1.75. The van der Waals surface area contributed by atoms with E-state index in [9.17, 15) is 0 Å². The zero-order valence-electron chi connectivity index (χ0n) is 10.4. The number of nitrogens with zero attached hydrogens (tertiary/aromatic N) is 1. The number of benzene rings is 1. The van der Waals surface area contributed by atoms with Crippen LogP contribution in [0.4, 0.5) is 11.4 Å². The third-order valence-electron chi connectivity index (χ3n) is 2.63. The van der Waals surface area contributed by atoms with Gasteiger partial charge in [0.1, 0.15) is 0 Å². The molecular weight excluding hydrogens is 200 g/mol. The summed E-state index contributed by atoms with van der Waals surface area (Å²) in [5.74, 6) is 0. The molecule has 0 saturated carbocycles. The molecule has 1 atom stereocenters. The van der Waals surface area contributed by atoms with Gasteiger partial charge in [-0.2, -0.15) is 0 Å². The van der Waals surface area contributed by atoms with Gasteiger partial charge in [0.25, 0.3) is 0 Å². The summed E-state index contributed by atoms with van der Waals surface area (Å²) in [5.41, 5.74) is 7.70. The Morgan fingerprint density at radius 3 is 2.44 bits per heavy atom. The zero-order valence-corrected chi connectivity index (χ0v) is 10.4. The summed E-state index contributed by atoms with van der Waals surface area (Å²) in [6.07, 6.45) is 1.37. The van der Waals surface area contributed by atoms with Gasteiger partial charge in [0.15, 0.2) is 0 Å². The fourth-order valence-electron chi connectivity index (χ4n) is 1.67. The largest absolute Gasteiger partial charge is 0.399 e. The average molecular weight is 222 g/mol. The van der Waals surface area contributed by atoms with E-state index in [2.05, 4.69) is 30.9 Å². The van der Waals surface area contributed by atoms with Gasteiger partial charge in [0.2, 0.25) is 0 Å². The second-order valence-corrected chi connectivity index (χ2v) is 4.08. The Balaban J connectivity index is 2.72. The average Bonchev–Trinajstić information content (AvgIpc) is 2.29. The van der Waals surface area contributed by atoms with Crippen LogP contribution in [0.15, 0.2) is 24.3 Å². The second kappa shape index (κ2) is 6.38. The van der Waals surface area contributed by atoms with Crippen molar-refractivity contribution in [3.8, 4) is 0 Å². The Bertz CT molecular complexity index is 297. The maximum atomic E-state index is 5.68. The summed E-state index contributed by atoms with van der Waals surface area (Å²) >= 11 is 0. The molecule has 3 heteroatoms. The molecule has 90 valence electrons. The minimum atomic E-state index is 0.240. The topological polar surface area (TPSA) is 38.5 Å². The lowest BCUT2D eigenvalue weighted by molar-refractivity contribution is 0.123. The number of hydrogen-bond acceptors (Lipinski definition) is 3. The first-order chi connectivity index (χ1) is 7.67. The molecule has 3 nitrogen and oxygen atoms in total. The quantitative estimate of drug-likeness (QED) is 0.752. The van der Waals surface area contributed by atoms with Gasteiger partial charge in [-0.05, 0) is 37.6 Å². The van der Waals surface area contributed by atoms with E-state index >= 15 is 0 Å². The van der Waals surface area contributed by atoms with Gasteiger partial charge in [0.05, 0.1) is 6.10 Å². The number of ether oxygens (including phenoxy) is 1. The van der Waals surface area contributed by atoms with Crippen LogP contribution in [0.1, 0.15) is 20.3 Å². The molecule has 0 fully saturated rings. The van der Waals surface area contributed by atoms with Crippen molar-refractivity contribution in [3.63, 3.8) is 0 Å². The number of anilines is 2. The lowest BCUT2D eigenvalue weighted by atomic mass is 10.2. The van der Waals surface area contributed by atoms with E-state index in [0.717, 1.165) is 25.2 Å². The molecule has 1 aromatic carbocycles. The van der Waals surface area contributed by atoms with Crippen molar-refractivity contribution in [1.82, 2.24) is 0 Å². The van der Waals surface area contributed by atoms with E-state index in [4.69, 9.17) is 10.5 Å². The van der Waals surface area contributed by atoms with Crippen molar-refractivity contribution in [2.45, 2.75) is 26.4 Å². The van der Waals surface area contributed by atoms with E-state index in [1.54, 1.807) is 7.11 Å². The van der Waals surface area contributed by atoms with Gasteiger partial charge < -0.3 is 15.4 Å². The fourth-order valence-corrected chi connectivity index (χ4v) is 1.67. The zero-order chi connectivity index (χ0) is 12.0. The van der Waals surface area contributed by atoms with Crippen LogP contribution in [0.3, 0.4) is 0 Å². The van der Waals surface area contributed by atoms with Gasteiger partial charge >= 0.3 is 0 Å². The Morgan fingerprint density at radius 1 is 1.31 bits per heavy atom. The molecule has 16 heavy (non-hydrogen) atoms. The predicted octanol–water partition coefficient (Wildman–Crippen LogP) is 2.52. The van der Waals surface area contributed by atoms with Crippen LogP contribution in [0.25, 0.3) is 0 Å². The molecule has 0 spiro atoms. The highest BCUT2D eigenvalue weighted by molar-refractivity contribution is 5.53. The van der Waals surface area contributed by atoms with Crippen LogP contribution in [0, 0.1) is 0 Å². The molecule has 0 bridgehead atoms. The van der Waals surface area contributed by atoms with E-state index in [1.165, 1.54) is 5.69 Å². The lowest BCUT2D eigenvalue weighted by Crippen LogP contribution is -2.32. The van der Waals surface area contributed by atoms with Gasteiger partial charge in [-0.15, -0.1) is 0 Å². The number of nitrogen functional groups attached to an aromatic ring is 1. The van der Waals surface area contributed by atoms with E-state index in [-0.39, 0.29) is 6.10 Å². The van der Waals surface area contributed by atoms with Crippen LogP contribution >= 0.6 is 0 Å². The van der Waals surface area contributed by atoms with E-state index in [0.29, 0.717) is 0 Å². The molecular formula is C13H22N2O. The monoisotopic (exact) mass is 222 g/mol. The highest BCUT2D eigenvalue weighted by Gasteiger charge is 2.09. The molecule has 0 aliphatic carbocycles. The van der Waals surface area contributed by atoms with Crippen molar-refractivity contribution in [1.29, 1.82) is 0 Å². The molecule has 0 aromatic heterocycles. The Kier molecular flexibility index (Phi) is 5.12. The number of rotatable bonds is 6. The SMILES string of the molecule is CCCN(CC(C)OC)c1ccc(N)cc1. The van der Waals surface area contributed by atoms with Crippen LogP contribution < -0.4 is 10.6 Å². The Morgan fingerprint density at radius 2 is 1.94 bits per heavy atom. The normalized spacial score (nSPS) is 12.4. The standard InChI is InChI=1S/C13H22N2O/c1-4-9-15(10-11(2)16-3)13-7-5-12(14)6-8-13/h5-8,11H,4,9-10,14H2,1-3H3. The second-order valence-electron chi connectivity index (χ2n) is 4.08. The lowest BCUT2D eigenvalue weighted by Gasteiger charge is -2.27. The first kappa shape index (κ1) is 12.8. The highest BCUT2D eigenvalue weighted by atomic mass is 16.5. The van der Waals surface area contributed by atoms with Crippen LogP contribution in [-0.4, -0.2) is 26.3 Å². The van der Waals surface area contributed by atoms with Crippen LogP contribution in [-0.2, 0) is 4.74 Å². The van der Waals surface area contributed by atoms with E-state index in [1.807, 2.05) is 12.1 Å². The minimum absolute atomic E-state index is 0.240. The highest BCUT2D eigenvalue weighted by Crippen LogP contribution is 2.17. The number of methoxy groups -OCH3 is 1. The minimum Gasteiger partial charge on any atom is -0.399 e. The molecule has 0 aliphatic rings. The summed E-state index contributed by atoms with van der Waals surface area (Å²) in [4.78, 5) is 2.33. The first-order valence-corrected chi connectivity index (χ1v) is 5.80. The summed E-state index contributed by atoms with van der Waals surface area (Å²) in [6.45, 7) is 6.22. The van der Waals surface area contributed by atoms with Crippen molar-refractivity contribution in [3.05, 3.63) is 24.3 Å². The van der Waals surface area contributed by atoms with E-state index < -0.39 is 0 Å². The summed E-state index contributed by atoms with van der Waals surface area (Å²) < 4.78 is 5.31. The third-order valence-corrected chi connectivity index (χ3v) is 2.63. The van der Waals surface area contributed by atoms with Crippen molar-refractivity contribution in [2.24, 2.45) is 0 Å². The predicted molar refractivity (Wildman–Crippen MR) is 69.8 cm³/mol. The fraction of sp³-hybridized carbons (Fsp3) is 0.538. The van der Waals surface area contributed by atoms with Gasteiger partial charge in [-0.3, -0.25) is 0 Å². The molecule has 1 rings (SSSR count). The number of hydrogen-bond donors (Lipinski definition) is 1. The molecule has 0 aliphatic heterocycles. The molecule has 2 N–H and O–H groups in total. The molecule has 1 unspecified atom stereocenters. The number of nitrogens with two attached hydrogens (primary N) is 1.